The Balaban J connectivity index is 1.71. The maximum atomic E-state index is 12.3. The number of nitrogens with one attached hydrogen (secondary N) is 2. The van der Waals surface area contributed by atoms with Crippen molar-refractivity contribution in [3.8, 4) is 0 Å². The zero-order chi connectivity index (χ0) is 16.4. The largest absolute Gasteiger partial charge is 0.324 e. The first-order valence-electron chi connectivity index (χ1n) is 7.38. The average Bonchev–Trinajstić information content (AvgIpc) is 2.98. The fourth-order valence-corrected chi connectivity index (χ4v) is 3.49. The Morgan fingerprint density at radius 1 is 1.39 bits per heavy atom. The van der Waals surface area contributed by atoms with Gasteiger partial charge < -0.3 is 10.3 Å². The SMILES string of the molecule is C[C@@H](Sc1nc2c(c(=O)[nH]1)CCC2)C(=O)Nc1ccccc1Cl. The lowest BCUT2D eigenvalue weighted by atomic mass is 10.3. The van der Waals surface area contributed by atoms with Gasteiger partial charge >= 0.3 is 0 Å². The minimum Gasteiger partial charge on any atom is -0.324 e. The van der Waals surface area contributed by atoms with Crippen molar-refractivity contribution in [1.29, 1.82) is 0 Å². The van der Waals surface area contributed by atoms with Crippen LogP contribution in [-0.2, 0) is 17.6 Å². The minimum atomic E-state index is -0.408. The highest BCUT2D eigenvalue weighted by Gasteiger charge is 2.21. The topological polar surface area (TPSA) is 74.8 Å². The molecule has 1 heterocycles. The maximum Gasteiger partial charge on any atom is 0.254 e. The summed E-state index contributed by atoms with van der Waals surface area (Å²) in [7, 11) is 0. The molecule has 23 heavy (non-hydrogen) atoms. The number of hydrogen-bond acceptors (Lipinski definition) is 4. The van der Waals surface area contributed by atoms with Crippen LogP contribution in [0.2, 0.25) is 5.02 Å². The lowest BCUT2D eigenvalue weighted by Crippen LogP contribution is -2.24. The van der Waals surface area contributed by atoms with Crippen LogP contribution in [0.3, 0.4) is 0 Å². The molecule has 1 amide bonds. The van der Waals surface area contributed by atoms with Gasteiger partial charge in [0.15, 0.2) is 5.16 Å². The number of H-pyrrole nitrogens is 1. The molecule has 5 nitrogen and oxygen atoms in total. The molecule has 1 aromatic heterocycles. The molecule has 2 N–H and O–H groups in total. The van der Waals surface area contributed by atoms with Gasteiger partial charge in [-0.2, -0.15) is 0 Å². The number of amides is 1. The molecule has 1 aliphatic carbocycles. The number of para-hydroxylation sites is 1. The van der Waals surface area contributed by atoms with Gasteiger partial charge in [0.2, 0.25) is 5.91 Å². The number of rotatable bonds is 4. The van der Waals surface area contributed by atoms with Gasteiger partial charge in [0, 0.05) is 5.56 Å². The van der Waals surface area contributed by atoms with Crippen molar-refractivity contribution in [3.05, 3.63) is 50.9 Å². The molecule has 1 atom stereocenters. The second-order valence-electron chi connectivity index (χ2n) is 5.38. The summed E-state index contributed by atoms with van der Waals surface area (Å²) in [5, 5.41) is 3.35. The van der Waals surface area contributed by atoms with Crippen LogP contribution in [0.1, 0.15) is 24.6 Å². The van der Waals surface area contributed by atoms with E-state index >= 15 is 0 Å². The van der Waals surface area contributed by atoms with E-state index in [1.807, 2.05) is 0 Å². The number of halogens is 1. The summed E-state index contributed by atoms with van der Waals surface area (Å²) < 4.78 is 0. The number of aryl methyl sites for hydroxylation is 1. The number of aromatic amines is 1. The van der Waals surface area contributed by atoms with Crippen molar-refractivity contribution in [3.63, 3.8) is 0 Å². The fourth-order valence-electron chi connectivity index (χ4n) is 2.49. The van der Waals surface area contributed by atoms with E-state index in [1.165, 1.54) is 11.8 Å². The molecule has 3 rings (SSSR count). The third-order valence-electron chi connectivity index (χ3n) is 3.71. The van der Waals surface area contributed by atoms with Crippen molar-refractivity contribution in [2.24, 2.45) is 0 Å². The van der Waals surface area contributed by atoms with Crippen LogP contribution in [-0.4, -0.2) is 21.1 Å². The van der Waals surface area contributed by atoms with Crippen LogP contribution in [0, 0.1) is 0 Å². The molecule has 1 aliphatic rings. The van der Waals surface area contributed by atoms with E-state index in [0.29, 0.717) is 15.9 Å². The maximum absolute atomic E-state index is 12.3. The van der Waals surface area contributed by atoms with Gasteiger partial charge in [-0.25, -0.2) is 4.98 Å². The van der Waals surface area contributed by atoms with E-state index in [4.69, 9.17) is 11.6 Å². The number of carbonyl (C=O) groups excluding carboxylic acids is 1. The van der Waals surface area contributed by atoms with Gasteiger partial charge in [-0.3, -0.25) is 9.59 Å². The Bertz CT molecular complexity index is 806. The first kappa shape index (κ1) is 16.1. The van der Waals surface area contributed by atoms with Gasteiger partial charge in [-0.05, 0) is 38.3 Å². The van der Waals surface area contributed by atoms with Crippen LogP contribution in [0.25, 0.3) is 0 Å². The van der Waals surface area contributed by atoms with E-state index < -0.39 is 5.25 Å². The predicted molar refractivity (Wildman–Crippen MR) is 92.3 cm³/mol. The fraction of sp³-hybridized carbons (Fsp3) is 0.312. The normalized spacial score (nSPS) is 14.3. The molecule has 2 aromatic rings. The number of aromatic nitrogens is 2. The molecule has 120 valence electrons. The Morgan fingerprint density at radius 3 is 2.96 bits per heavy atom. The summed E-state index contributed by atoms with van der Waals surface area (Å²) in [6.07, 6.45) is 2.57. The quantitative estimate of drug-likeness (QED) is 0.657. The van der Waals surface area contributed by atoms with E-state index in [2.05, 4.69) is 15.3 Å². The van der Waals surface area contributed by atoms with Crippen LogP contribution >= 0.6 is 23.4 Å². The van der Waals surface area contributed by atoms with Crippen LogP contribution in [0.15, 0.2) is 34.2 Å². The number of fused-ring (bicyclic) bond motifs is 1. The second kappa shape index (κ2) is 6.76. The highest BCUT2D eigenvalue weighted by molar-refractivity contribution is 8.00. The van der Waals surface area contributed by atoms with Crippen LogP contribution < -0.4 is 10.9 Å². The zero-order valence-corrected chi connectivity index (χ0v) is 14.1. The smallest absolute Gasteiger partial charge is 0.254 e. The van der Waals surface area contributed by atoms with E-state index in [-0.39, 0.29) is 11.5 Å². The van der Waals surface area contributed by atoms with Crippen molar-refractivity contribution in [2.45, 2.75) is 36.6 Å². The Labute approximate surface area is 142 Å². The Kier molecular flexibility index (Phi) is 4.73. The monoisotopic (exact) mass is 349 g/mol. The summed E-state index contributed by atoms with van der Waals surface area (Å²) in [5.41, 5.74) is 2.12. The standard InChI is InChI=1S/C16H16ClN3O2S/c1-9(14(21)18-13-7-3-2-6-11(13)17)23-16-19-12-8-4-5-10(12)15(22)20-16/h2-3,6-7,9H,4-5,8H2,1H3,(H,18,21)(H,19,20,22)/t9-/m1/s1. The van der Waals surface area contributed by atoms with E-state index in [1.54, 1.807) is 31.2 Å². The molecule has 1 aromatic carbocycles. The molecule has 0 spiro atoms. The molecule has 0 saturated heterocycles. The summed E-state index contributed by atoms with van der Waals surface area (Å²) in [4.78, 5) is 31.5. The predicted octanol–water partition coefficient (Wildman–Crippen LogP) is 3.03. The van der Waals surface area contributed by atoms with E-state index in [9.17, 15) is 9.59 Å². The minimum absolute atomic E-state index is 0.0892. The van der Waals surface area contributed by atoms with Crippen molar-refractivity contribution in [1.82, 2.24) is 9.97 Å². The van der Waals surface area contributed by atoms with Gasteiger partial charge in [0.05, 0.1) is 21.7 Å². The number of benzene rings is 1. The summed E-state index contributed by atoms with van der Waals surface area (Å²) >= 11 is 7.27. The zero-order valence-electron chi connectivity index (χ0n) is 12.6. The molecule has 0 saturated carbocycles. The molecular weight excluding hydrogens is 334 g/mol. The highest BCUT2D eigenvalue weighted by atomic mass is 35.5. The van der Waals surface area contributed by atoms with Gasteiger partial charge in [-0.15, -0.1) is 0 Å². The number of nitrogens with zero attached hydrogens (tertiary/aromatic N) is 1. The lowest BCUT2D eigenvalue weighted by molar-refractivity contribution is -0.115. The molecular formula is C16H16ClN3O2S. The van der Waals surface area contributed by atoms with Gasteiger partial charge in [-0.1, -0.05) is 35.5 Å². The van der Waals surface area contributed by atoms with Crippen molar-refractivity contribution in [2.75, 3.05) is 5.32 Å². The number of hydrogen-bond donors (Lipinski definition) is 2. The molecule has 0 bridgehead atoms. The van der Waals surface area contributed by atoms with Crippen molar-refractivity contribution < 1.29 is 4.79 Å². The Morgan fingerprint density at radius 2 is 2.17 bits per heavy atom. The third kappa shape index (κ3) is 3.59. The first-order valence-corrected chi connectivity index (χ1v) is 8.64. The lowest BCUT2D eigenvalue weighted by Gasteiger charge is -2.12. The number of anilines is 1. The Hall–Kier alpha value is -1.79. The molecule has 0 radical (unpaired) electrons. The molecule has 0 aliphatic heterocycles. The average molecular weight is 350 g/mol. The van der Waals surface area contributed by atoms with Gasteiger partial charge in [0.25, 0.3) is 5.56 Å². The molecule has 0 unspecified atom stereocenters. The third-order valence-corrected chi connectivity index (χ3v) is 5.02. The van der Waals surface area contributed by atoms with E-state index in [0.717, 1.165) is 30.5 Å². The first-order chi connectivity index (χ1) is 11.0. The number of carbonyl (C=O) groups is 1. The van der Waals surface area contributed by atoms with Crippen LogP contribution in [0.5, 0.6) is 0 Å². The van der Waals surface area contributed by atoms with Crippen molar-refractivity contribution >= 4 is 35.0 Å². The summed E-state index contributed by atoms with van der Waals surface area (Å²) in [5.74, 6) is -0.189. The molecule has 0 fully saturated rings. The second-order valence-corrected chi connectivity index (χ2v) is 7.12. The highest BCUT2D eigenvalue weighted by Crippen LogP contribution is 2.25. The van der Waals surface area contributed by atoms with Gasteiger partial charge in [0.1, 0.15) is 0 Å². The number of thioether (sulfide) groups is 1. The van der Waals surface area contributed by atoms with Crippen LogP contribution in [0.4, 0.5) is 5.69 Å². The summed E-state index contributed by atoms with van der Waals surface area (Å²) in [6.45, 7) is 1.77. The summed E-state index contributed by atoms with van der Waals surface area (Å²) in [6, 6.07) is 7.07. The molecule has 7 heteroatoms.